The molecule has 0 aromatic rings. The number of nitrogens with one attached hydrogen (secondary N) is 2. The Hall–Kier alpha value is -0.650. The summed E-state index contributed by atoms with van der Waals surface area (Å²) in [4.78, 5) is 11.6. The molecule has 5 heteroatoms. The fourth-order valence-electron chi connectivity index (χ4n) is 1.98. The molecule has 0 aromatic heterocycles. The van der Waals surface area contributed by atoms with Crippen LogP contribution in [0.5, 0.6) is 0 Å². The van der Waals surface area contributed by atoms with E-state index in [0.29, 0.717) is 13.2 Å². The average Bonchev–Trinajstić information content (AvgIpc) is 2.58. The van der Waals surface area contributed by atoms with Crippen molar-refractivity contribution in [2.45, 2.75) is 38.1 Å². The minimum atomic E-state index is 0.00177. The summed E-state index contributed by atoms with van der Waals surface area (Å²) in [5, 5.41) is 6.25. The first-order chi connectivity index (χ1) is 8.84. The maximum absolute atomic E-state index is 11.6. The minimum absolute atomic E-state index is 0.00177. The molecule has 106 valence electrons. The molecule has 0 saturated carbocycles. The van der Waals surface area contributed by atoms with Crippen LogP contribution in [-0.2, 0) is 14.3 Å². The number of rotatable bonds is 9. The van der Waals surface area contributed by atoms with Crippen LogP contribution in [0.25, 0.3) is 0 Å². The topological polar surface area (TPSA) is 59.6 Å². The van der Waals surface area contributed by atoms with E-state index in [1.54, 1.807) is 7.11 Å². The van der Waals surface area contributed by atoms with Crippen molar-refractivity contribution in [1.82, 2.24) is 10.6 Å². The molecule has 0 aromatic carbocycles. The first-order valence-electron chi connectivity index (χ1n) is 6.92. The average molecular weight is 258 g/mol. The van der Waals surface area contributed by atoms with Crippen molar-refractivity contribution in [2.24, 2.45) is 0 Å². The number of carbonyl (C=O) groups is 1. The molecule has 18 heavy (non-hydrogen) atoms. The lowest BCUT2D eigenvalue weighted by Crippen LogP contribution is -2.43. The van der Waals surface area contributed by atoms with Crippen LogP contribution in [0, 0.1) is 0 Å². The van der Waals surface area contributed by atoms with Crippen molar-refractivity contribution in [1.29, 1.82) is 0 Å². The lowest BCUT2D eigenvalue weighted by atomic mass is 10.1. The zero-order chi connectivity index (χ0) is 13.1. The lowest BCUT2D eigenvalue weighted by Gasteiger charge is -2.14. The van der Waals surface area contributed by atoms with Crippen LogP contribution in [0.1, 0.15) is 32.1 Å². The largest absolute Gasteiger partial charge is 0.382 e. The Labute approximate surface area is 110 Å². The Kier molecular flexibility index (Phi) is 8.81. The van der Waals surface area contributed by atoms with Gasteiger partial charge >= 0.3 is 0 Å². The number of unbranched alkanes of at least 4 members (excludes halogenated alkanes) is 1. The van der Waals surface area contributed by atoms with E-state index < -0.39 is 0 Å². The van der Waals surface area contributed by atoms with E-state index in [2.05, 4.69) is 10.6 Å². The van der Waals surface area contributed by atoms with Crippen LogP contribution in [0.4, 0.5) is 0 Å². The van der Waals surface area contributed by atoms with E-state index in [0.717, 1.165) is 51.8 Å². The molecular formula is C13H26N2O3. The van der Waals surface area contributed by atoms with Crippen LogP contribution in [0.2, 0.25) is 0 Å². The molecule has 1 amide bonds. The maximum Gasteiger partial charge on any atom is 0.237 e. The standard InChI is InChI=1S/C13H26N2O3/c1-17-10-11-18-9-5-4-7-14-12-6-2-3-8-15-13(12)16/h12,14H,2-11H2,1H3,(H,15,16). The summed E-state index contributed by atoms with van der Waals surface area (Å²) < 4.78 is 10.3. The smallest absolute Gasteiger partial charge is 0.237 e. The van der Waals surface area contributed by atoms with E-state index in [1.165, 1.54) is 0 Å². The predicted octanol–water partition coefficient (Wildman–Crippen LogP) is 0.688. The molecule has 5 nitrogen and oxygen atoms in total. The van der Waals surface area contributed by atoms with Crippen LogP contribution >= 0.6 is 0 Å². The summed E-state index contributed by atoms with van der Waals surface area (Å²) >= 11 is 0. The number of ether oxygens (including phenoxy) is 2. The Balaban J connectivity index is 1.94. The second kappa shape index (κ2) is 10.3. The lowest BCUT2D eigenvalue weighted by molar-refractivity contribution is -0.122. The van der Waals surface area contributed by atoms with Gasteiger partial charge in [0.2, 0.25) is 5.91 Å². The zero-order valence-electron chi connectivity index (χ0n) is 11.4. The van der Waals surface area contributed by atoms with Gasteiger partial charge in [0, 0.05) is 20.3 Å². The van der Waals surface area contributed by atoms with Gasteiger partial charge in [-0.1, -0.05) is 0 Å². The SMILES string of the molecule is COCCOCCCCNC1CCCCNC1=O. The highest BCUT2D eigenvalue weighted by Gasteiger charge is 2.18. The molecule has 2 N–H and O–H groups in total. The van der Waals surface area contributed by atoms with Crippen LogP contribution < -0.4 is 10.6 Å². The van der Waals surface area contributed by atoms with Crippen molar-refractivity contribution < 1.29 is 14.3 Å². The quantitative estimate of drug-likeness (QED) is 0.597. The molecule has 1 atom stereocenters. The van der Waals surface area contributed by atoms with Gasteiger partial charge in [0.25, 0.3) is 0 Å². The molecule has 0 spiro atoms. The Morgan fingerprint density at radius 1 is 1.28 bits per heavy atom. The highest BCUT2D eigenvalue weighted by Crippen LogP contribution is 2.05. The van der Waals surface area contributed by atoms with Crippen LogP contribution in [0.3, 0.4) is 0 Å². The van der Waals surface area contributed by atoms with Crippen molar-refractivity contribution in [3.8, 4) is 0 Å². The molecule has 1 heterocycles. The van der Waals surface area contributed by atoms with Gasteiger partial charge in [-0.15, -0.1) is 0 Å². The van der Waals surface area contributed by atoms with E-state index in [4.69, 9.17) is 9.47 Å². The number of methoxy groups -OCH3 is 1. The van der Waals surface area contributed by atoms with Gasteiger partial charge in [0.05, 0.1) is 19.3 Å². The summed E-state index contributed by atoms with van der Waals surface area (Å²) in [5.74, 6) is 0.156. The second-order valence-electron chi connectivity index (χ2n) is 4.61. The van der Waals surface area contributed by atoms with Crippen LogP contribution in [-0.4, -0.2) is 52.0 Å². The minimum Gasteiger partial charge on any atom is -0.382 e. The number of carbonyl (C=O) groups excluding carboxylic acids is 1. The van der Waals surface area contributed by atoms with E-state index in [9.17, 15) is 4.79 Å². The number of amides is 1. The third kappa shape index (κ3) is 6.93. The van der Waals surface area contributed by atoms with Crippen molar-refractivity contribution in [2.75, 3.05) is 40.0 Å². The molecule has 1 fully saturated rings. The predicted molar refractivity (Wildman–Crippen MR) is 70.6 cm³/mol. The summed E-state index contributed by atoms with van der Waals surface area (Å²) in [6, 6.07) is 0.00177. The monoisotopic (exact) mass is 258 g/mol. The maximum atomic E-state index is 11.6. The highest BCUT2D eigenvalue weighted by atomic mass is 16.5. The third-order valence-electron chi connectivity index (χ3n) is 3.07. The van der Waals surface area contributed by atoms with Crippen molar-refractivity contribution >= 4 is 5.91 Å². The molecule has 1 aliphatic rings. The van der Waals surface area contributed by atoms with E-state index >= 15 is 0 Å². The van der Waals surface area contributed by atoms with E-state index in [1.807, 2.05) is 0 Å². The first-order valence-corrected chi connectivity index (χ1v) is 6.92. The van der Waals surface area contributed by atoms with Gasteiger partial charge < -0.3 is 20.1 Å². The number of hydrogen-bond donors (Lipinski definition) is 2. The van der Waals surface area contributed by atoms with Gasteiger partial charge in [-0.25, -0.2) is 0 Å². The Morgan fingerprint density at radius 2 is 2.17 bits per heavy atom. The van der Waals surface area contributed by atoms with Gasteiger partial charge in [0.1, 0.15) is 0 Å². The molecule has 1 rings (SSSR count). The summed E-state index contributed by atoms with van der Waals surface area (Å²) in [6.45, 7) is 3.79. The summed E-state index contributed by atoms with van der Waals surface area (Å²) in [5.41, 5.74) is 0. The van der Waals surface area contributed by atoms with E-state index in [-0.39, 0.29) is 11.9 Å². The fourth-order valence-corrected chi connectivity index (χ4v) is 1.98. The Morgan fingerprint density at radius 3 is 3.00 bits per heavy atom. The molecule has 0 aliphatic carbocycles. The fraction of sp³-hybridized carbons (Fsp3) is 0.923. The van der Waals surface area contributed by atoms with Crippen molar-refractivity contribution in [3.63, 3.8) is 0 Å². The van der Waals surface area contributed by atoms with Gasteiger partial charge in [-0.2, -0.15) is 0 Å². The molecule has 1 aliphatic heterocycles. The zero-order valence-corrected chi connectivity index (χ0v) is 11.4. The molecule has 0 bridgehead atoms. The van der Waals surface area contributed by atoms with Crippen LogP contribution in [0.15, 0.2) is 0 Å². The molecule has 1 saturated heterocycles. The van der Waals surface area contributed by atoms with Gasteiger partial charge in [0.15, 0.2) is 0 Å². The second-order valence-corrected chi connectivity index (χ2v) is 4.61. The molecule has 0 radical (unpaired) electrons. The van der Waals surface area contributed by atoms with Gasteiger partial charge in [-0.3, -0.25) is 4.79 Å². The Bertz CT molecular complexity index is 224. The summed E-state index contributed by atoms with van der Waals surface area (Å²) in [6.07, 6.45) is 5.23. The third-order valence-corrected chi connectivity index (χ3v) is 3.07. The van der Waals surface area contributed by atoms with Gasteiger partial charge in [-0.05, 0) is 38.6 Å². The normalized spacial score (nSPS) is 20.5. The van der Waals surface area contributed by atoms with Crippen molar-refractivity contribution in [3.05, 3.63) is 0 Å². The molecular weight excluding hydrogens is 232 g/mol. The highest BCUT2D eigenvalue weighted by molar-refractivity contribution is 5.81. The first kappa shape index (κ1) is 15.4. The summed E-state index contributed by atoms with van der Waals surface area (Å²) in [7, 11) is 1.67. The molecule has 1 unspecified atom stereocenters. The number of hydrogen-bond acceptors (Lipinski definition) is 4.